The molecule has 1 aliphatic rings. The van der Waals surface area contributed by atoms with E-state index in [4.69, 9.17) is 5.21 Å². The molecule has 0 aromatic carbocycles. The maximum atomic E-state index is 9.93. The van der Waals surface area contributed by atoms with Gasteiger partial charge >= 0.3 is 0 Å². The zero-order chi connectivity index (χ0) is 17.5. The van der Waals surface area contributed by atoms with Crippen LogP contribution in [-0.4, -0.2) is 22.6 Å². The van der Waals surface area contributed by atoms with E-state index in [-0.39, 0.29) is 11.5 Å². The Morgan fingerprint density at radius 2 is 1.83 bits per heavy atom. The molecule has 0 bridgehead atoms. The molecule has 0 aromatic heterocycles. The highest BCUT2D eigenvalue weighted by Gasteiger charge is 2.31. The van der Waals surface area contributed by atoms with E-state index in [2.05, 4.69) is 45.0 Å². The third kappa shape index (κ3) is 6.41. The molecule has 3 heteroatoms. The van der Waals surface area contributed by atoms with Crippen molar-refractivity contribution in [2.24, 2.45) is 10.6 Å². The molecule has 23 heavy (non-hydrogen) atoms. The summed E-state index contributed by atoms with van der Waals surface area (Å²) in [4.78, 5) is 0. The quantitative estimate of drug-likeness (QED) is 0.326. The van der Waals surface area contributed by atoms with Crippen LogP contribution < -0.4 is 0 Å². The first kappa shape index (κ1) is 19.2. The van der Waals surface area contributed by atoms with Crippen molar-refractivity contribution in [2.45, 2.75) is 53.6 Å². The first-order chi connectivity index (χ1) is 10.8. The van der Waals surface area contributed by atoms with Crippen LogP contribution in [0.2, 0.25) is 0 Å². The topological polar surface area (TPSA) is 52.8 Å². The van der Waals surface area contributed by atoms with Crippen molar-refractivity contribution in [3.05, 3.63) is 58.7 Å². The lowest BCUT2D eigenvalue weighted by molar-refractivity contribution is 0.116. The minimum atomic E-state index is -0.223. The molecule has 0 aliphatic heterocycles. The minimum Gasteiger partial charge on any atom is -0.411 e. The second-order valence-corrected chi connectivity index (χ2v) is 6.92. The summed E-state index contributed by atoms with van der Waals surface area (Å²) in [6, 6.07) is 0. The number of aliphatic hydroxyl groups is 1. The van der Waals surface area contributed by atoms with Gasteiger partial charge in [-0.1, -0.05) is 60.5 Å². The largest absolute Gasteiger partial charge is 0.411 e. The smallest absolute Gasteiger partial charge is 0.0664 e. The van der Waals surface area contributed by atoms with Crippen LogP contribution in [0.25, 0.3) is 0 Å². The Hall–Kier alpha value is -1.87. The summed E-state index contributed by atoms with van der Waals surface area (Å²) in [5.41, 5.74) is 4.78. The fourth-order valence-electron chi connectivity index (χ4n) is 3.01. The van der Waals surface area contributed by atoms with Crippen molar-refractivity contribution >= 4 is 6.21 Å². The van der Waals surface area contributed by atoms with E-state index in [1.165, 1.54) is 17.4 Å². The fourth-order valence-corrected chi connectivity index (χ4v) is 3.01. The van der Waals surface area contributed by atoms with E-state index in [0.717, 1.165) is 24.0 Å². The Morgan fingerprint density at radius 3 is 2.43 bits per heavy atom. The lowest BCUT2D eigenvalue weighted by atomic mass is 9.71. The summed E-state index contributed by atoms with van der Waals surface area (Å²) < 4.78 is 0. The lowest BCUT2D eigenvalue weighted by Gasteiger charge is -2.35. The average molecular weight is 315 g/mol. The second kappa shape index (κ2) is 8.68. The van der Waals surface area contributed by atoms with Crippen LogP contribution in [0.5, 0.6) is 0 Å². The number of hydrogen-bond acceptors (Lipinski definition) is 3. The van der Waals surface area contributed by atoms with E-state index < -0.39 is 0 Å². The van der Waals surface area contributed by atoms with E-state index in [0.29, 0.717) is 0 Å². The molecule has 0 saturated heterocycles. The van der Waals surface area contributed by atoms with E-state index in [9.17, 15) is 5.11 Å². The van der Waals surface area contributed by atoms with Gasteiger partial charge in [-0.25, -0.2) is 0 Å². The van der Waals surface area contributed by atoms with Crippen molar-refractivity contribution in [1.29, 1.82) is 0 Å². The molecule has 2 N–H and O–H groups in total. The lowest BCUT2D eigenvalue weighted by Crippen LogP contribution is -2.28. The average Bonchev–Trinajstić information content (AvgIpc) is 2.43. The summed E-state index contributed by atoms with van der Waals surface area (Å²) in [5, 5.41) is 21.2. The molecule has 1 unspecified atom stereocenters. The monoisotopic (exact) mass is 315 g/mol. The summed E-state index contributed by atoms with van der Waals surface area (Å²) in [6.07, 6.45) is 14.7. The molecule has 0 heterocycles. The number of nitrogens with zero attached hydrogens (tertiary/aromatic N) is 1. The van der Waals surface area contributed by atoms with Gasteiger partial charge in [0.15, 0.2) is 0 Å². The third-order valence-corrected chi connectivity index (χ3v) is 4.11. The zero-order valence-electron chi connectivity index (χ0n) is 14.9. The highest BCUT2D eigenvalue weighted by molar-refractivity contribution is 5.72. The molecule has 1 atom stereocenters. The molecule has 0 fully saturated rings. The van der Waals surface area contributed by atoms with Gasteiger partial charge in [0.25, 0.3) is 0 Å². The molecular formula is C20H29NO2. The molecule has 0 aromatic rings. The van der Waals surface area contributed by atoms with Crippen molar-refractivity contribution in [1.82, 2.24) is 0 Å². The van der Waals surface area contributed by atoms with Crippen LogP contribution in [0.15, 0.2) is 63.9 Å². The molecule has 1 aliphatic carbocycles. The Morgan fingerprint density at radius 1 is 1.17 bits per heavy atom. The molecule has 126 valence electrons. The molecule has 0 radical (unpaired) electrons. The molecule has 3 nitrogen and oxygen atoms in total. The number of rotatable bonds is 5. The molecule has 1 rings (SSSR count). The minimum absolute atomic E-state index is 0.0112. The second-order valence-electron chi connectivity index (χ2n) is 6.92. The Balaban J connectivity index is 2.82. The normalized spacial score (nSPS) is 23.7. The van der Waals surface area contributed by atoms with Gasteiger partial charge in [-0.15, -0.1) is 0 Å². The van der Waals surface area contributed by atoms with E-state index >= 15 is 0 Å². The van der Waals surface area contributed by atoms with Gasteiger partial charge in [0.05, 0.1) is 12.3 Å². The van der Waals surface area contributed by atoms with E-state index in [1.54, 1.807) is 6.08 Å². The molecule has 0 saturated carbocycles. The maximum absolute atomic E-state index is 9.93. The standard InChI is InChI=1S/C20H29NO2/c1-15(7-6-8-16(2)11-12-21-23)9-10-19-17(3)13-18(22)14-20(19,4)5/h6-12,18,22-23H,13-14H2,1-5H3/b8-6+,10-9+,15-7-,16-11+,21-12+. The number of allylic oxidation sites excluding steroid dienone is 9. The van der Waals surface area contributed by atoms with Crippen molar-refractivity contribution < 1.29 is 10.3 Å². The predicted octanol–water partition coefficient (Wildman–Crippen LogP) is 4.95. The van der Waals surface area contributed by atoms with Gasteiger partial charge in [0.2, 0.25) is 0 Å². The summed E-state index contributed by atoms with van der Waals surface area (Å²) in [5.74, 6) is 0. The molecule has 0 spiro atoms. The highest BCUT2D eigenvalue weighted by atomic mass is 16.4. The first-order valence-electron chi connectivity index (χ1n) is 8.02. The van der Waals surface area contributed by atoms with Crippen LogP contribution in [0.4, 0.5) is 0 Å². The Kier molecular flexibility index (Phi) is 7.24. The Bertz CT molecular complexity index is 587. The number of oxime groups is 1. The van der Waals surface area contributed by atoms with Crippen molar-refractivity contribution in [2.75, 3.05) is 0 Å². The van der Waals surface area contributed by atoms with Crippen LogP contribution in [0.1, 0.15) is 47.5 Å². The van der Waals surface area contributed by atoms with Gasteiger partial charge in [-0.3, -0.25) is 0 Å². The Labute approximate surface area is 140 Å². The van der Waals surface area contributed by atoms with Gasteiger partial charge < -0.3 is 10.3 Å². The van der Waals surface area contributed by atoms with Crippen LogP contribution in [0, 0.1) is 5.41 Å². The van der Waals surface area contributed by atoms with Gasteiger partial charge in [0, 0.05) is 0 Å². The predicted molar refractivity (Wildman–Crippen MR) is 97.8 cm³/mol. The summed E-state index contributed by atoms with van der Waals surface area (Å²) >= 11 is 0. The van der Waals surface area contributed by atoms with Crippen LogP contribution in [0.3, 0.4) is 0 Å². The summed E-state index contributed by atoms with van der Waals surface area (Å²) in [7, 11) is 0. The third-order valence-electron chi connectivity index (χ3n) is 4.11. The fraction of sp³-hybridized carbons (Fsp3) is 0.450. The molecule has 0 amide bonds. The number of hydrogen-bond donors (Lipinski definition) is 2. The zero-order valence-corrected chi connectivity index (χ0v) is 14.9. The van der Waals surface area contributed by atoms with Crippen LogP contribution >= 0.6 is 0 Å². The van der Waals surface area contributed by atoms with Crippen LogP contribution in [-0.2, 0) is 0 Å². The summed E-state index contributed by atoms with van der Waals surface area (Å²) in [6.45, 7) is 10.5. The van der Waals surface area contributed by atoms with Gasteiger partial charge in [0.1, 0.15) is 0 Å². The van der Waals surface area contributed by atoms with Gasteiger partial charge in [-0.2, -0.15) is 0 Å². The van der Waals surface area contributed by atoms with Crippen molar-refractivity contribution in [3.63, 3.8) is 0 Å². The van der Waals surface area contributed by atoms with Gasteiger partial charge in [-0.05, 0) is 56.3 Å². The highest BCUT2D eigenvalue weighted by Crippen LogP contribution is 2.40. The maximum Gasteiger partial charge on any atom is 0.0664 e. The molecular weight excluding hydrogens is 286 g/mol. The first-order valence-corrected chi connectivity index (χ1v) is 8.02. The SMILES string of the molecule is CC1=C(/C=C/C(C)=C\C=C\C(C)=C\C=N\O)C(C)(C)CC(O)C1. The number of aliphatic hydroxyl groups excluding tert-OH is 1. The van der Waals surface area contributed by atoms with E-state index in [1.807, 2.05) is 25.2 Å². The van der Waals surface area contributed by atoms with Crippen molar-refractivity contribution in [3.8, 4) is 0 Å².